The summed E-state index contributed by atoms with van der Waals surface area (Å²) in [6.07, 6.45) is 3.95. The highest BCUT2D eigenvalue weighted by molar-refractivity contribution is 5.78. The van der Waals surface area contributed by atoms with Gasteiger partial charge in [-0.15, -0.1) is 0 Å². The molecule has 1 N–H and O–H groups in total. The summed E-state index contributed by atoms with van der Waals surface area (Å²) in [5.41, 5.74) is 0.980. The van der Waals surface area contributed by atoms with Crippen molar-refractivity contribution in [3.05, 3.63) is 36.0 Å². The van der Waals surface area contributed by atoms with E-state index in [0.29, 0.717) is 18.9 Å². The minimum absolute atomic E-state index is 0.00826. The molecule has 10 nitrogen and oxygen atoms in total. The first-order valence-electron chi connectivity index (χ1n) is 10.9. The average molecular weight is 438 g/mol. The highest BCUT2D eigenvalue weighted by Gasteiger charge is 2.29. The second kappa shape index (κ2) is 8.99. The minimum Gasteiger partial charge on any atom is -0.454 e. The van der Waals surface area contributed by atoms with Crippen molar-refractivity contribution in [2.24, 2.45) is 4.99 Å². The van der Waals surface area contributed by atoms with E-state index in [4.69, 9.17) is 14.5 Å². The number of nitrogens with zero attached hydrogens (tertiary/aromatic N) is 6. The van der Waals surface area contributed by atoms with Crippen LogP contribution in [-0.2, 0) is 11.3 Å². The maximum atomic E-state index is 12.8. The molecule has 168 valence electrons. The van der Waals surface area contributed by atoms with Crippen molar-refractivity contribution in [3.8, 4) is 11.5 Å². The number of likely N-dealkylation sites (N-methyl/N-ethyl adjacent to an activating group) is 1. The van der Waals surface area contributed by atoms with Gasteiger partial charge in [0.15, 0.2) is 11.5 Å². The molecular formula is C22H27N7O3. The van der Waals surface area contributed by atoms with Gasteiger partial charge in [-0.2, -0.15) is 4.98 Å². The first-order valence-corrected chi connectivity index (χ1v) is 10.9. The second-order valence-electron chi connectivity index (χ2n) is 8.21. The molecule has 0 aliphatic carbocycles. The van der Waals surface area contributed by atoms with Gasteiger partial charge in [-0.1, -0.05) is 6.07 Å². The number of carbonyl (C=O) groups is 1. The molecule has 0 spiro atoms. The van der Waals surface area contributed by atoms with Gasteiger partial charge in [0.05, 0.1) is 18.9 Å². The molecular weight excluding hydrogens is 410 g/mol. The zero-order valence-corrected chi connectivity index (χ0v) is 18.1. The van der Waals surface area contributed by atoms with Crippen LogP contribution in [0.2, 0.25) is 0 Å². The monoisotopic (exact) mass is 437 g/mol. The Morgan fingerprint density at radius 1 is 1.19 bits per heavy atom. The number of anilines is 2. The number of benzene rings is 1. The number of rotatable bonds is 6. The number of carbonyl (C=O) groups excluding carboxylic acids is 1. The molecule has 10 heteroatoms. The smallest absolute Gasteiger partial charge is 0.232 e. The van der Waals surface area contributed by atoms with Crippen molar-refractivity contribution < 1.29 is 14.3 Å². The Labute approximate surface area is 186 Å². The maximum Gasteiger partial charge on any atom is 0.232 e. The Morgan fingerprint density at radius 3 is 2.97 bits per heavy atom. The van der Waals surface area contributed by atoms with Crippen LogP contribution in [0, 0.1) is 0 Å². The van der Waals surface area contributed by atoms with Crippen molar-refractivity contribution in [1.29, 1.82) is 0 Å². The predicted octanol–water partition coefficient (Wildman–Crippen LogP) is 0.881. The van der Waals surface area contributed by atoms with Crippen LogP contribution in [0.25, 0.3) is 0 Å². The topological polar surface area (TPSA) is 95.4 Å². The fourth-order valence-corrected chi connectivity index (χ4v) is 4.19. The molecule has 1 unspecified atom stereocenters. The summed E-state index contributed by atoms with van der Waals surface area (Å²) < 4.78 is 10.8. The molecule has 1 aromatic carbocycles. The molecule has 3 aliphatic rings. The molecule has 3 aliphatic heterocycles. The molecule has 32 heavy (non-hydrogen) atoms. The largest absolute Gasteiger partial charge is 0.454 e. The fourth-order valence-electron chi connectivity index (χ4n) is 4.19. The molecule has 4 heterocycles. The third-order valence-corrected chi connectivity index (χ3v) is 5.90. The molecule has 1 aromatic heterocycles. The number of ether oxygens (including phenoxy) is 2. The van der Waals surface area contributed by atoms with Gasteiger partial charge >= 0.3 is 0 Å². The Hall–Kier alpha value is -3.40. The van der Waals surface area contributed by atoms with Gasteiger partial charge in [0.2, 0.25) is 18.6 Å². The molecule has 0 saturated carbocycles. The van der Waals surface area contributed by atoms with Crippen LogP contribution < -0.4 is 24.6 Å². The third kappa shape index (κ3) is 4.45. The quantitative estimate of drug-likeness (QED) is 0.712. The Balaban J connectivity index is 1.24. The average Bonchev–Trinajstić information content (AvgIpc) is 3.50. The van der Waals surface area contributed by atoms with E-state index in [2.05, 4.69) is 32.1 Å². The number of hydrogen-bond acceptors (Lipinski definition) is 9. The summed E-state index contributed by atoms with van der Waals surface area (Å²) in [7, 11) is 2.08. The van der Waals surface area contributed by atoms with Crippen LogP contribution >= 0.6 is 0 Å². The number of aliphatic imine (C=N–C) groups is 1. The minimum atomic E-state index is 0.00826. The molecule has 0 bridgehead atoms. The van der Waals surface area contributed by atoms with Crippen LogP contribution in [-0.4, -0.2) is 79.7 Å². The summed E-state index contributed by atoms with van der Waals surface area (Å²) >= 11 is 0. The van der Waals surface area contributed by atoms with Crippen molar-refractivity contribution in [3.63, 3.8) is 0 Å². The maximum absolute atomic E-state index is 12.8. The summed E-state index contributed by atoms with van der Waals surface area (Å²) in [5, 5.41) is 3.04. The number of fused-ring (bicyclic) bond motifs is 1. The molecule has 1 saturated heterocycles. The lowest BCUT2D eigenvalue weighted by atomic mass is 10.1. The number of aromatic nitrogens is 2. The van der Waals surface area contributed by atoms with Crippen LogP contribution in [0.5, 0.6) is 11.5 Å². The first kappa shape index (κ1) is 20.5. The summed E-state index contributed by atoms with van der Waals surface area (Å²) in [4.78, 5) is 32.6. The SMILES string of the molecule is CN1CCN(c2ccnc(N3C=NCC3)n2)C(CC(=O)NCc2ccc3c(c2)OCO3)C1. The first-order chi connectivity index (χ1) is 15.7. The van der Waals surface area contributed by atoms with Gasteiger partial charge in [-0.3, -0.25) is 14.7 Å². The number of piperazine rings is 1. The van der Waals surface area contributed by atoms with Crippen LogP contribution in [0.3, 0.4) is 0 Å². The van der Waals surface area contributed by atoms with Gasteiger partial charge in [-0.05, 0) is 30.8 Å². The van der Waals surface area contributed by atoms with Gasteiger partial charge in [0.1, 0.15) is 5.82 Å². The highest BCUT2D eigenvalue weighted by atomic mass is 16.7. The number of nitrogens with one attached hydrogen (secondary N) is 1. The van der Waals surface area contributed by atoms with E-state index in [0.717, 1.165) is 55.6 Å². The van der Waals surface area contributed by atoms with E-state index < -0.39 is 0 Å². The van der Waals surface area contributed by atoms with Crippen molar-refractivity contribution in [1.82, 2.24) is 20.2 Å². The lowest BCUT2D eigenvalue weighted by Gasteiger charge is -2.40. The van der Waals surface area contributed by atoms with Crippen LogP contribution in [0.1, 0.15) is 12.0 Å². The van der Waals surface area contributed by atoms with E-state index in [9.17, 15) is 4.79 Å². The summed E-state index contributed by atoms with van der Waals surface area (Å²) in [5.74, 6) is 2.96. The zero-order valence-electron chi connectivity index (χ0n) is 18.1. The van der Waals surface area contributed by atoms with Gasteiger partial charge < -0.3 is 24.6 Å². The molecule has 1 fully saturated rings. The molecule has 0 radical (unpaired) electrons. The standard InChI is InChI=1S/C22H27N7O3/c1-27-8-9-29(20-4-5-24-22(26-20)28-7-6-23-14-28)17(13-27)11-21(30)25-12-16-2-3-18-19(10-16)32-15-31-18/h2-5,10,14,17H,6-9,11-13,15H2,1H3,(H,25,30). The molecule has 1 amide bonds. The normalized spacial score (nSPS) is 20.1. The van der Waals surface area contributed by atoms with Gasteiger partial charge in [0.25, 0.3) is 0 Å². The van der Waals surface area contributed by atoms with Crippen molar-refractivity contribution in [2.75, 3.05) is 56.4 Å². The lowest BCUT2D eigenvalue weighted by Crippen LogP contribution is -2.53. The van der Waals surface area contributed by atoms with E-state index in [-0.39, 0.29) is 18.7 Å². The number of amides is 1. The van der Waals surface area contributed by atoms with E-state index in [1.807, 2.05) is 29.2 Å². The van der Waals surface area contributed by atoms with E-state index >= 15 is 0 Å². The van der Waals surface area contributed by atoms with Gasteiger partial charge in [0, 0.05) is 45.3 Å². The van der Waals surface area contributed by atoms with Gasteiger partial charge in [-0.25, -0.2) is 4.98 Å². The van der Waals surface area contributed by atoms with Crippen molar-refractivity contribution in [2.45, 2.75) is 19.0 Å². The Bertz CT molecular complexity index is 1010. The second-order valence-corrected chi connectivity index (χ2v) is 8.21. The Kier molecular flexibility index (Phi) is 5.76. The van der Waals surface area contributed by atoms with E-state index in [1.54, 1.807) is 12.5 Å². The summed E-state index contributed by atoms with van der Waals surface area (Å²) in [6.45, 7) is 4.75. The fraction of sp³-hybridized carbons (Fsp3) is 0.455. The van der Waals surface area contributed by atoms with E-state index in [1.165, 1.54) is 0 Å². The van der Waals surface area contributed by atoms with Crippen LogP contribution in [0.15, 0.2) is 35.5 Å². The van der Waals surface area contributed by atoms with Crippen LogP contribution in [0.4, 0.5) is 11.8 Å². The lowest BCUT2D eigenvalue weighted by molar-refractivity contribution is -0.121. The Morgan fingerprint density at radius 2 is 2.09 bits per heavy atom. The summed E-state index contributed by atoms with van der Waals surface area (Å²) in [6, 6.07) is 7.67. The van der Waals surface area contributed by atoms with Crippen molar-refractivity contribution >= 4 is 24.0 Å². The molecule has 2 aromatic rings. The predicted molar refractivity (Wildman–Crippen MR) is 120 cm³/mol. The third-order valence-electron chi connectivity index (χ3n) is 5.90. The zero-order chi connectivity index (χ0) is 21.9. The molecule has 5 rings (SSSR count). The number of hydrogen-bond donors (Lipinski definition) is 1. The molecule has 1 atom stereocenters. The highest BCUT2D eigenvalue weighted by Crippen LogP contribution is 2.32.